The highest BCUT2D eigenvalue weighted by Crippen LogP contribution is 2.06. The number of hydrogen-bond acceptors (Lipinski definition) is 4. The third kappa shape index (κ3) is 10.8. The molecule has 0 spiro atoms. The molecule has 0 unspecified atom stereocenters. The van der Waals surface area contributed by atoms with E-state index in [0.29, 0.717) is 32.0 Å². The first-order valence-corrected chi connectivity index (χ1v) is 10.5. The number of benzene rings is 3. The van der Waals surface area contributed by atoms with E-state index in [2.05, 4.69) is 0 Å². The van der Waals surface area contributed by atoms with Crippen molar-refractivity contribution >= 4 is 11.9 Å². The molecule has 0 bridgehead atoms. The second kappa shape index (κ2) is 13.8. The number of carbonyl (C=O) groups is 2. The first-order valence-electron chi connectivity index (χ1n) is 10.5. The average Bonchev–Trinajstić information content (AvgIpc) is 2.78. The van der Waals surface area contributed by atoms with Gasteiger partial charge in [-0.15, -0.1) is 0 Å². The highest BCUT2D eigenvalue weighted by molar-refractivity contribution is 5.72. The SMILES string of the molecule is CC(C)CC(=O)OCc1ccccc1.O=C(Cc1ccccc1)OCc1ccccc1. The maximum absolute atomic E-state index is 11.6. The van der Waals surface area contributed by atoms with Gasteiger partial charge in [0.1, 0.15) is 13.2 Å². The van der Waals surface area contributed by atoms with E-state index in [1.165, 1.54) is 0 Å². The molecule has 0 atom stereocenters. The minimum atomic E-state index is -0.194. The van der Waals surface area contributed by atoms with Gasteiger partial charge in [0.2, 0.25) is 0 Å². The van der Waals surface area contributed by atoms with Crippen LogP contribution in [-0.2, 0) is 38.7 Å². The summed E-state index contributed by atoms with van der Waals surface area (Å²) in [5.41, 5.74) is 3.02. The third-order valence-corrected chi connectivity index (χ3v) is 4.25. The highest BCUT2D eigenvalue weighted by Gasteiger charge is 2.06. The molecule has 4 nitrogen and oxygen atoms in total. The molecule has 0 amide bonds. The van der Waals surface area contributed by atoms with Crippen molar-refractivity contribution in [3.63, 3.8) is 0 Å². The number of hydrogen-bond donors (Lipinski definition) is 0. The lowest BCUT2D eigenvalue weighted by Gasteiger charge is -2.06. The van der Waals surface area contributed by atoms with Crippen molar-refractivity contribution in [3.05, 3.63) is 108 Å². The lowest BCUT2D eigenvalue weighted by Crippen LogP contribution is -2.07. The molecule has 3 aromatic carbocycles. The van der Waals surface area contributed by atoms with Gasteiger partial charge in [0.25, 0.3) is 0 Å². The maximum atomic E-state index is 11.6. The van der Waals surface area contributed by atoms with Gasteiger partial charge in [-0.2, -0.15) is 0 Å². The Balaban J connectivity index is 0.000000225. The third-order valence-electron chi connectivity index (χ3n) is 4.25. The van der Waals surface area contributed by atoms with Crippen molar-refractivity contribution in [1.29, 1.82) is 0 Å². The Morgan fingerprint density at radius 2 is 1.00 bits per heavy atom. The van der Waals surface area contributed by atoms with Gasteiger partial charge in [-0.05, 0) is 22.6 Å². The normalized spacial score (nSPS) is 10.0. The molecule has 0 heterocycles. The fraction of sp³-hybridized carbons (Fsp3) is 0.259. The van der Waals surface area contributed by atoms with Crippen LogP contribution in [0.2, 0.25) is 0 Å². The minimum Gasteiger partial charge on any atom is -0.461 e. The number of carbonyl (C=O) groups excluding carboxylic acids is 2. The van der Waals surface area contributed by atoms with Crippen molar-refractivity contribution in [2.24, 2.45) is 5.92 Å². The van der Waals surface area contributed by atoms with Crippen LogP contribution < -0.4 is 0 Å². The van der Waals surface area contributed by atoms with Gasteiger partial charge < -0.3 is 9.47 Å². The smallest absolute Gasteiger partial charge is 0.310 e. The minimum absolute atomic E-state index is 0.121. The van der Waals surface area contributed by atoms with Crippen molar-refractivity contribution in [3.8, 4) is 0 Å². The lowest BCUT2D eigenvalue weighted by molar-refractivity contribution is -0.146. The number of esters is 2. The van der Waals surface area contributed by atoms with E-state index in [1.807, 2.05) is 105 Å². The van der Waals surface area contributed by atoms with Gasteiger partial charge in [0, 0.05) is 6.42 Å². The zero-order chi connectivity index (χ0) is 22.3. The first-order chi connectivity index (χ1) is 15.0. The zero-order valence-corrected chi connectivity index (χ0v) is 18.2. The van der Waals surface area contributed by atoms with Crippen molar-refractivity contribution in [1.82, 2.24) is 0 Å². The molecule has 31 heavy (non-hydrogen) atoms. The summed E-state index contributed by atoms with van der Waals surface area (Å²) >= 11 is 0. The molecule has 0 aliphatic carbocycles. The van der Waals surface area contributed by atoms with Crippen LogP contribution in [0.5, 0.6) is 0 Å². The standard InChI is InChI=1S/C15H14O2.C12H16O2/c16-15(11-13-7-3-1-4-8-13)17-12-14-9-5-2-6-10-14;1-10(2)8-12(13)14-9-11-6-4-3-5-7-11/h1-10H,11-12H2;3-7,10H,8-9H2,1-2H3. The molecule has 3 rings (SSSR count). The Morgan fingerprint density at radius 1 is 0.613 bits per heavy atom. The van der Waals surface area contributed by atoms with Crippen LogP contribution >= 0.6 is 0 Å². The topological polar surface area (TPSA) is 52.6 Å². The molecule has 0 fully saturated rings. The van der Waals surface area contributed by atoms with Gasteiger partial charge in [0.15, 0.2) is 0 Å². The van der Waals surface area contributed by atoms with E-state index in [0.717, 1.165) is 16.7 Å². The second-order valence-electron chi connectivity index (χ2n) is 7.55. The predicted molar refractivity (Wildman–Crippen MR) is 122 cm³/mol. The van der Waals surface area contributed by atoms with Crippen molar-refractivity contribution < 1.29 is 19.1 Å². The lowest BCUT2D eigenvalue weighted by atomic mass is 10.1. The van der Waals surface area contributed by atoms with Gasteiger partial charge in [-0.25, -0.2) is 0 Å². The van der Waals surface area contributed by atoms with Crippen LogP contribution in [0.3, 0.4) is 0 Å². The van der Waals surface area contributed by atoms with Gasteiger partial charge in [0.05, 0.1) is 6.42 Å². The Labute approximate surface area is 184 Å². The van der Waals surface area contributed by atoms with Crippen LogP contribution in [0.15, 0.2) is 91.0 Å². The summed E-state index contributed by atoms with van der Waals surface area (Å²) in [6.07, 6.45) is 0.820. The van der Waals surface area contributed by atoms with E-state index in [1.54, 1.807) is 0 Å². The van der Waals surface area contributed by atoms with E-state index in [9.17, 15) is 9.59 Å². The molecule has 0 radical (unpaired) electrons. The first kappa shape index (κ1) is 23.9. The molecular weight excluding hydrogens is 388 g/mol. The van der Waals surface area contributed by atoms with E-state index in [-0.39, 0.29) is 11.9 Å². The maximum Gasteiger partial charge on any atom is 0.310 e. The Hall–Kier alpha value is -3.40. The van der Waals surface area contributed by atoms with Crippen molar-refractivity contribution in [2.45, 2.75) is 39.9 Å². The van der Waals surface area contributed by atoms with E-state index in [4.69, 9.17) is 9.47 Å². The highest BCUT2D eigenvalue weighted by atomic mass is 16.5. The van der Waals surface area contributed by atoms with Gasteiger partial charge in [-0.3, -0.25) is 9.59 Å². The summed E-state index contributed by atoms with van der Waals surface area (Å²) in [6.45, 7) is 4.73. The van der Waals surface area contributed by atoms with Crippen LogP contribution in [-0.4, -0.2) is 11.9 Å². The summed E-state index contributed by atoms with van der Waals surface area (Å²) in [7, 11) is 0. The fourth-order valence-corrected chi connectivity index (χ4v) is 2.68. The molecule has 0 aliphatic rings. The average molecular weight is 419 g/mol. The Bertz CT molecular complexity index is 890. The second-order valence-corrected chi connectivity index (χ2v) is 7.55. The number of rotatable bonds is 8. The molecule has 0 N–H and O–H groups in total. The van der Waals surface area contributed by atoms with Crippen LogP contribution in [0.25, 0.3) is 0 Å². The summed E-state index contributed by atoms with van der Waals surface area (Å²) in [6, 6.07) is 29.0. The zero-order valence-electron chi connectivity index (χ0n) is 18.2. The molecule has 162 valence electrons. The van der Waals surface area contributed by atoms with E-state index < -0.39 is 0 Å². The molecule has 0 aliphatic heterocycles. The predicted octanol–water partition coefficient (Wildman–Crippen LogP) is 5.75. The van der Waals surface area contributed by atoms with Crippen LogP contribution in [0.1, 0.15) is 37.0 Å². The summed E-state index contributed by atoms with van der Waals surface area (Å²) in [5, 5.41) is 0. The Morgan fingerprint density at radius 3 is 1.42 bits per heavy atom. The molecule has 0 saturated carbocycles. The van der Waals surface area contributed by atoms with Crippen LogP contribution in [0.4, 0.5) is 0 Å². The molecule has 3 aromatic rings. The Kier molecular flexibility index (Phi) is 10.6. The largest absolute Gasteiger partial charge is 0.461 e. The molecule has 4 heteroatoms. The molecule has 0 aromatic heterocycles. The van der Waals surface area contributed by atoms with Crippen molar-refractivity contribution in [2.75, 3.05) is 0 Å². The summed E-state index contributed by atoms with van der Waals surface area (Å²) < 4.78 is 10.3. The molecule has 0 saturated heterocycles. The van der Waals surface area contributed by atoms with Gasteiger partial charge in [-0.1, -0.05) is 105 Å². The summed E-state index contributed by atoms with van der Waals surface area (Å²) in [4.78, 5) is 22.8. The number of ether oxygens (including phenoxy) is 2. The van der Waals surface area contributed by atoms with Gasteiger partial charge >= 0.3 is 11.9 Å². The van der Waals surface area contributed by atoms with E-state index >= 15 is 0 Å². The monoisotopic (exact) mass is 418 g/mol. The quantitative estimate of drug-likeness (QED) is 0.437. The summed E-state index contributed by atoms with van der Waals surface area (Å²) in [5.74, 6) is 0.0437. The fourth-order valence-electron chi connectivity index (χ4n) is 2.68. The van der Waals surface area contributed by atoms with Crippen LogP contribution in [0, 0.1) is 5.92 Å². The molecular formula is C27H30O4.